The van der Waals surface area contributed by atoms with E-state index in [0.717, 1.165) is 49.6 Å². The second-order valence-electron chi connectivity index (χ2n) is 6.44. The fraction of sp³-hybridized carbons (Fsp3) is 0.588. The SMILES string of the molecule is CCc1ncc(-c2nc(NC3CCNCC3)ncc2Cl)n1C(C)C. The van der Waals surface area contributed by atoms with Crippen LogP contribution < -0.4 is 10.6 Å². The van der Waals surface area contributed by atoms with Gasteiger partial charge in [-0.15, -0.1) is 0 Å². The van der Waals surface area contributed by atoms with E-state index in [1.54, 1.807) is 6.20 Å². The van der Waals surface area contributed by atoms with E-state index >= 15 is 0 Å². The molecule has 0 aromatic carbocycles. The highest BCUT2D eigenvalue weighted by atomic mass is 35.5. The molecule has 0 atom stereocenters. The minimum Gasteiger partial charge on any atom is -0.351 e. The molecule has 0 radical (unpaired) electrons. The van der Waals surface area contributed by atoms with E-state index in [4.69, 9.17) is 16.6 Å². The standard InChI is InChI=1S/C17H25ClN6/c1-4-15-20-10-14(24(15)11(2)3)16-13(18)9-21-17(23-16)22-12-5-7-19-8-6-12/h9-12,19H,4-8H2,1-3H3,(H,21,22,23). The third kappa shape index (κ3) is 3.54. The van der Waals surface area contributed by atoms with E-state index in [2.05, 4.69) is 45.9 Å². The molecule has 2 aromatic rings. The number of imidazole rings is 1. The summed E-state index contributed by atoms with van der Waals surface area (Å²) in [5.74, 6) is 1.68. The molecule has 1 aliphatic rings. The Balaban J connectivity index is 1.93. The maximum Gasteiger partial charge on any atom is 0.223 e. The highest BCUT2D eigenvalue weighted by Gasteiger charge is 2.19. The van der Waals surface area contributed by atoms with Crippen molar-refractivity contribution in [2.75, 3.05) is 18.4 Å². The summed E-state index contributed by atoms with van der Waals surface area (Å²) in [5, 5.41) is 7.35. The summed E-state index contributed by atoms with van der Waals surface area (Å²) in [6.45, 7) is 8.45. The van der Waals surface area contributed by atoms with E-state index in [0.29, 0.717) is 23.1 Å². The highest BCUT2D eigenvalue weighted by molar-refractivity contribution is 6.32. The van der Waals surface area contributed by atoms with Gasteiger partial charge in [0.1, 0.15) is 11.5 Å². The van der Waals surface area contributed by atoms with Gasteiger partial charge >= 0.3 is 0 Å². The smallest absolute Gasteiger partial charge is 0.223 e. The third-order valence-corrected chi connectivity index (χ3v) is 4.64. The first-order valence-corrected chi connectivity index (χ1v) is 9.04. The normalized spacial score (nSPS) is 15.9. The van der Waals surface area contributed by atoms with Gasteiger partial charge in [0.15, 0.2) is 0 Å². The average Bonchev–Trinajstić information content (AvgIpc) is 3.01. The average molecular weight is 349 g/mol. The zero-order valence-electron chi connectivity index (χ0n) is 14.5. The zero-order chi connectivity index (χ0) is 17.1. The van der Waals surface area contributed by atoms with Crippen molar-refractivity contribution < 1.29 is 0 Å². The first-order chi connectivity index (χ1) is 11.6. The summed E-state index contributed by atoms with van der Waals surface area (Å²) in [4.78, 5) is 13.6. The van der Waals surface area contributed by atoms with E-state index in [9.17, 15) is 0 Å². The number of nitrogens with zero attached hydrogens (tertiary/aromatic N) is 4. The lowest BCUT2D eigenvalue weighted by atomic mass is 10.1. The second kappa shape index (κ2) is 7.49. The van der Waals surface area contributed by atoms with E-state index < -0.39 is 0 Å². The molecule has 3 heterocycles. The molecule has 0 spiro atoms. The van der Waals surface area contributed by atoms with Crippen LogP contribution in [0.25, 0.3) is 11.4 Å². The summed E-state index contributed by atoms with van der Waals surface area (Å²) in [6.07, 6.45) is 6.56. The monoisotopic (exact) mass is 348 g/mol. The van der Waals surface area contributed by atoms with Gasteiger partial charge in [0.25, 0.3) is 0 Å². The molecule has 0 aliphatic carbocycles. The van der Waals surface area contributed by atoms with Gasteiger partial charge in [0, 0.05) is 18.5 Å². The number of piperidine rings is 1. The van der Waals surface area contributed by atoms with Gasteiger partial charge in [-0.05, 0) is 39.8 Å². The van der Waals surface area contributed by atoms with E-state index in [1.165, 1.54) is 0 Å². The molecule has 6 nitrogen and oxygen atoms in total. The predicted molar refractivity (Wildman–Crippen MR) is 97.5 cm³/mol. The van der Waals surface area contributed by atoms with Crippen LogP contribution in [0.5, 0.6) is 0 Å². The van der Waals surface area contributed by atoms with Gasteiger partial charge in [-0.3, -0.25) is 0 Å². The molecule has 0 amide bonds. The lowest BCUT2D eigenvalue weighted by molar-refractivity contribution is 0.477. The highest BCUT2D eigenvalue weighted by Crippen LogP contribution is 2.30. The van der Waals surface area contributed by atoms with Crippen LogP contribution in [0, 0.1) is 0 Å². The molecule has 2 N–H and O–H groups in total. The number of anilines is 1. The molecule has 7 heteroatoms. The number of rotatable bonds is 5. The Kier molecular flexibility index (Phi) is 5.36. The molecule has 2 aromatic heterocycles. The van der Waals surface area contributed by atoms with Crippen LogP contribution in [0.2, 0.25) is 5.02 Å². The van der Waals surface area contributed by atoms with Gasteiger partial charge in [-0.25, -0.2) is 15.0 Å². The van der Waals surface area contributed by atoms with Crippen LogP contribution in [0.4, 0.5) is 5.95 Å². The van der Waals surface area contributed by atoms with Crippen molar-refractivity contribution in [3.63, 3.8) is 0 Å². The van der Waals surface area contributed by atoms with Crippen LogP contribution in [0.15, 0.2) is 12.4 Å². The van der Waals surface area contributed by atoms with Crippen molar-refractivity contribution in [2.45, 2.75) is 52.1 Å². The van der Waals surface area contributed by atoms with Gasteiger partial charge in [0.2, 0.25) is 5.95 Å². The van der Waals surface area contributed by atoms with Gasteiger partial charge < -0.3 is 15.2 Å². The fourth-order valence-corrected chi connectivity index (χ4v) is 3.37. The molecule has 1 saturated heterocycles. The Morgan fingerprint density at radius 3 is 2.71 bits per heavy atom. The molecule has 130 valence electrons. The molecule has 0 unspecified atom stereocenters. The number of nitrogens with one attached hydrogen (secondary N) is 2. The van der Waals surface area contributed by atoms with Crippen molar-refractivity contribution in [1.82, 2.24) is 24.8 Å². The Morgan fingerprint density at radius 2 is 2.04 bits per heavy atom. The molecule has 3 rings (SSSR count). The first kappa shape index (κ1) is 17.2. The number of hydrogen-bond acceptors (Lipinski definition) is 5. The number of halogens is 1. The number of hydrogen-bond donors (Lipinski definition) is 2. The van der Waals surface area contributed by atoms with Crippen LogP contribution >= 0.6 is 11.6 Å². The summed E-state index contributed by atoms with van der Waals surface area (Å²) < 4.78 is 2.20. The van der Waals surface area contributed by atoms with Crippen LogP contribution in [-0.4, -0.2) is 38.7 Å². The Labute approximate surface area is 148 Å². The lowest BCUT2D eigenvalue weighted by Crippen LogP contribution is -2.35. The largest absolute Gasteiger partial charge is 0.351 e. The van der Waals surface area contributed by atoms with Gasteiger partial charge in [0.05, 0.1) is 23.1 Å². The molecule has 1 fully saturated rings. The minimum atomic E-state index is 0.296. The molecule has 0 bridgehead atoms. The maximum absolute atomic E-state index is 6.40. The van der Waals surface area contributed by atoms with Gasteiger partial charge in [-0.1, -0.05) is 18.5 Å². The Morgan fingerprint density at radius 1 is 1.29 bits per heavy atom. The quantitative estimate of drug-likeness (QED) is 0.867. The number of aromatic nitrogens is 4. The topological polar surface area (TPSA) is 67.7 Å². The van der Waals surface area contributed by atoms with Crippen LogP contribution in [0.3, 0.4) is 0 Å². The summed E-state index contributed by atoms with van der Waals surface area (Å²) >= 11 is 6.40. The maximum atomic E-state index is 6.40. The third-order valence-electron chi connectivity index (χ3n) is 4.37. The molecule has 1 aliphatic heterocycles. The van der Waals surface area contributed by atoms with Crippen LogP contribution in [0.1, 0.15) is 45.5 Å². The fourth-order valence-electron chi connectivity index (χ4n) is 3.18. The summed E-state index contributed by atoms with van der Waals surface area (Å²) in [6, 6.07) is 0.700. The van der Waals surface area contributed by atoms with Crippen molar-refractivity contribution in [3.05, 3.63) is 23.2 Å². The zero-order valence-corrected chi connectivity index (χ0v) is 15.3. The minimum absolute atomic E-state index is 0.296. The molecule has 24 heavy (non-hydrogen) atoms. The van der Waals surface area contributed by atoms with E-state index in [-0.39, 0.29) is 0 Å². The van der Waals surface area contributed by atoms with Crippen molar-refractivity contribution in [2.24, 2.45) is 0 Å². The van der Waals surface area contributed by atoms with Crippen molar-refractivity contribution >= 4 is 17.5 Å². The van der Waals surface area contributed by atoms with Crippen molar-refractivity contribution in [1.29, 1.82) is 0 Å². The lowest BCUT2D eigenvalue weighted by Gasteiger charge is -2.24. The number of aryl methyl sites for hydroxylation is 1. The summed E-state index contributed by atoms with van der Waals surface area (Å²) in [7, 11) is 0. The van der Waals surface area contributed by atoms with E-state index in [1.807, 2.05) is 6.20 Å². The van der Waals surface area contributed by atoms with Crippen LogP contribution in [-0.2, 0) is 6.42 Å². The molecular formula is C17H25ClN6. The predicted octanol–water partition coefficient (Wildman–Crippen LogP) is 3.30. The molecular weight excluding hydrogens is 324 g/mol. The van der Waals surface area contributed by atoms with Crippen molar-refractivity contribution in [3.8, 4) is 11.4 Å². The Bertz CT molecular complexity index is 690. The molecule has 0 saturated carbocycles. The van der Waals surface area contributed by atoms with Gasteiger partial charge in [-0.2, -0.15) is 0 Å². The first-order valence-electron chi connectivity index (χ1n) is 8.66. The Hall–Kier alpha value is -1.66. The second-order valence-corrected chi connectivity index (χ2v) is 6.84. The summed E-state index contributed by atoms with van der Waals surface area (Å²) in [5.41, 5.74) is 1.69.